The molecule has 1 saturated carbocycles. The van der Waals surface area contributed by atoms with Crippen LogP contribution in [0, 0.1) is 5.82 Å². The van der Waals surface area contributed by atoms with E-state index >= 15 is 0 Å². The topological polar surface area (TPSA) is 66.5 Å². The maximum Gasteiger partial charge on any atom is 0.243 e. The van der Waals surface area contributed by atoms with Crippen molar-refractivity contribution in [3.8, 4) is 0 Å². The smallest absolute Gasteiger partial charge is 0.243 e. The third-order valence-corrected chi connectivity index (χ3v) is 5.35. The Kier molecular flexibility index (Phi) is 4.46. The van der Waals surface area contributed by atoms with Crippen LogP contribution < -0.4 is 5.32 Å². The average molecular weight is 365 g/mol. The number of carbonyl (C=O) groups excluding carboxylic acids is 1. The molecule has 1 amide bonds. The molecule has 1 aliphatic carbocycles. The second-order valence-electron chi connectivity index (χ2n) is 4.68. The maximum atomic E-state index is 13.4. The quantitative estimate of drug-likeness (QED) is 0.860. The Morgan fingerprint density at radius 2 is 2.15 bits per heavy atom. The zero-order valence-electron chi connectivity index (χ0n) is 10.8. The van der Waals surface area contributed by atoms with Crippen LogP contribution in [0.2, 0.25) is 0 Å². The normalized spacial score (nSPS) is 15.4. The van der Waals surface area contributed by atoms with E-state index in [0.717, 1.165) is 23.2 Å². The van der Waals surface area contributed by atoms with Gasteiger partial charge >= 0.3 is 0 Å². The fourth-order valence-corrected chi connectivity index (χ4v) is 2.99. The number of halogens is 2. The van der Waals surface area contributed by atoms with Gasteiger partial charge in [0.15, 0.2) is 0 Å². The van der Waals surface area contributed by atoms with Crippen LogP contribution in [0.25, 0.3) is 0 Å². The number of hydrogen-bond donors (Lipinski definition) is 1. The highest BCUT2D eigenvalue weighted by molar-refractivity contribution is 9.10. The van der Waals surface area contributed by atoms with Crippen LogP contribution in [0.3, 0.4) is 0 Å². The van der Waals surface area contributed by atoms with Crippen molar-refractivity contribution in [2.45, 2.75) is 23.8 Å². The van der Waals surface area contributed by atoms with Gasteiger partial charge in [0.05, 0.1) is 15.9 Å². The molecule has 20 heavy (non-hydrogen) atoms. The predicted molar refractivity (Wildman–Crippen MR) is 75.1 cm³/mol. The van der Waals surface area contributed by atoms with Crippen molar-refractivity contribution >= 4 is 31.9 Å². The number of nitrogens with zero attached hydrogens (tertiary/aromatic N) is 1. The first-order valence-electron chi connectivity index (χ1n) is 6.01. The molecule has 0 heterocycles. The van der Waals surface area contributed by atoms with E-state index in [0.29, 0.717) is 0 Å². The van der Waals surface area contributed by atoms with Crippen molar-refractivity contribution in [1.82, 2.24) is 9.62 Å². The molecule has 0 bridgehead atoms. The van der Waals surface area contributed by atoms with Gasteiger partial charge in [0.25, 0.3) is 0 Å². The Bertz CT molecular complexity index is 632. The Labute approximate surface area is 125 Å². The lowest BCUT2D eigenvalue weighted by Gasteiger charge is -2.17. The molecule has 1 N–H and O–H groups in total. The number of likely N-dealkylation sites (N-methyl/N-ethyl adjacent to an activating group) is 1. The molecule has 0 aromatic heterocycles. The van der Waals surface area contributed by atoms with Gasteiger partial charge in [0.2, 0.25) is 15.9 Å². The van der Waals surface area contributed by atoms with E-state index in [-0.39, 0.29) is 27.9 Å². The van der Waals surface area contributed by atoms with Crippen LogP contribution in [-0.4, -0.2) is 38.3 Å². The number of carbonyl (C=O) groups is 1. The van der Waals surface area contributed by atoms with E-state index in [9.17, 15) is 17.6 Å². The molecule has 0 aliphatic heterocycles. The molecule has 1 fully saturated rings. The van der Waals surface area contributed by atoms with Gasteiger partial charge in [-0.15, -0.1) is 0 Å². The van der Waals surface area contributed by atoms with Crippen molar-refractivity contribution in [3.05, 3.63) is 28.5 Å². The lowest BCUT2D eigenvalue weighted by molar-refractivity contribution is -0.121. The summed E-state index contributed by atoms with van der Waals surface area (Å²) in [5, 5.41) is 2.70. The van der Waals surface area contributed by atoms with Gasteiger partial charge in [0, 0.05) is 13.1 Å². The fraction of sp³-hybridized carbons (Fsp3) is 0.417. The van der Waals surface area contributed by atoms with Crippen LogP contribution in [0.4, 0.5) is 4.39 Å². The van der Waals surface area contributed by atoms with Gasteiger partial charge in [-0.3, -0.25) is 4.79 Å². The summed E-state index contributed by atoms with van der Waals surface area (Å²) >= 11 is 2.96. The van der Waals surface area contributed by atoms with Gasteiger partial charge in [0.1, 0.15) is 5.82 Å². The summed E-state index contributed by atoms with van der Waals surface area (Å²) in [7, 11) is -2.58. The number of nitrogens with one attached hydrogen (secondary N) is 1. The minimum absolute atomic E-state index is 0.170. The van der Waals surface area contributed by atoms with Crippen molar-refractivity contribution in [1.29, 1.82) is 0 Å². The lowest BCUT2D eigenvalue weighted by atomic mass is 10.3. The van der Waals surface area contributed by atoms with Crippen molar-refractivity contribution < 1.29 is 17.6 Å². The molecule has 0 radical (unpaired) electrons. The fourth-order valence-electron chi connectivity index (χ4n) is 1.61. The highest BCUT2D eigenvalue weighted by Gasteiger charge is 2.27. The molecule has 0 saturated heterocycles. The molecule has 1 aromatic carbocycles. The predicted octanol–water partition coefficient (Wildman–Crippen LogP) is 1.49. The van der Waals surface area contributed by atoms with Crippen LogP contribution in [0.15, 0.2) is 27.6 Å². The molecular weight excluding hydrogens is 351 g/mol. The van der Waals surface area contributed by atoms with Crippen LogP contribution >= 0.6 is 15.9 Å². The Hall–Kier alpha value is -0.990. The Balaban J connectivity index is 2.11. The minimum atomic E-state index is -3.88. The molecule has 2 rings (SSSR count). The maximum absolute atomic E-state index is 13.4. The second kappa shape index (κ2) is 5.79. The summed E-state index contributed by atoms with van der Waals surface area (Å²) in [6, 6.07) is 3.70. The van der Waals surface area contributed by atoms with Gasteiger partial charge in [-0.1, -0.05) is 0 Å². The molecule has 1 aromatic rings. The highest BCUT2D eigenvalue weighted by atomic mass is 79.9. The van der Waals surface area contributed by atoms with Crippen molar-refractivity contribution in [2.75, 3.05) is 13.6 Å². The van der Waals surface area contributed by atoms with Crippen molar-refractivity contribution in [2.24, 2.45) is 0 Å². The third kappa shape index (κ3) is 3.56. The summed E-state index contributed by atoms with van der Waals surface area (Å²) in [6.45, 7) is -0.281. The highest BCUT2D eigenvalue weighted by Crippen LogP contribution is 2.22. The molecular formula is C12H14BrFN2O3S. The van der Waals surface area contributed by atoms with Gasteiger partial charge in [-0.05, 0) is 47.0 Å². The van der Waals surface area contributed by atoms with Gasteiger partial charge in [-0.25, -0.2) is 12.8 Å². The summed E-state index contributed by atoms with van der Waals surface area (Å²) < 4.78 is 38.9. The summed E-state index contributed by atoms with van der Waals surface area (Å²) in [6.07, 6.45) is 1.86. The average Bonchev–Trinajstić information content (AvgIpc) is 3.16. The zero-order valence-corrected chi connectivity index (χ0v) is 13.2. The molecule has 0 unspecified atom stereocenters. The molecule has 1 aliphatic rings. The zero-order chi connectivity index (χ0) is 14.9. The number of rotatable bonds is 5. The summed E-state index contributed by atoms with van der Waals surface area (Å²) in [5.74, 6) is -1.02. The summed E-state index contributed by atoms with van der Waals surface area (Å²) in [5.41, 5.74) is 0. The molecule has 5 nitrogen and oxygen atoms in total. The van der Waals surface area contributed by atoms with Crippen LogP contribution in [-0.2, 0) is 14.8 Å². The van der Waals surface area contributed by atoms with E-state index in [2.05, 4.69) is 21.2 Å². The monoisotopic (exact) mass is 364 g/mol. The number of amides is 1. The Morgan fingerprint density at radius 3 is 2.70 bits per heavy atom. The van der Waals surface area contributed by atoms with E-state index < -0.39 is 15.8 Å². The first-order valence-corrected chi connectivity index (χ1v) is 8.25. The molecule has 0 atom stereocenters. The number of hydrogen-bond acceptors (Lipinski definition) is 3. The second-order valence-corrected chi connectivity index (χ2v) is 7.58. The van der Waals surface area contributed by atoms with Crippen LogP contribution in [0.5, 0.6) is 0 Å². The molecule has 0 spiro atoms. The van der Waals surface area contributed by atoms with Crippen LogP contribution in [0.1, 0.15) is 12.8 Å². The number of benzene rings is 1. The molecule has 110 valence electrons. The molecule has 8 heteroatoms. The largest absolute Gasteiger partial charge is 0.352 e. The van der Waals surface area contributed by atoms with Gasteiger partial charge < -0.3 is 5.32 Å². The van der Waals surface area contributed by atoms with E-state index in [1.807, 2.05) is 0 Å². The standard InChI is InChI=1S/C12H14BrFN2O3S/c1-16(7-12(17)15-8-2-3-8)20(18,19)9-4-5-10(13)11(14)6-9/h4-6,8H,2-3,7H2,1H3,(H,15,17). The first kappa shape index (κ1) is 15.4. The van der Waals surface area contributed by atoms with E-state index in [4.69, 9.17) is 0 Å². The Morgan fingerprint density at radius 1 is 1.50 bits per heavy atom. The van der Waals surface area contributed by atoms with Gasteiger partial charge in [-0.2, -0.15) is 4.31 Å². The van der Waals surface area contributed by atoms with E-state index in [1.54, 1.807) is 0 Å². The van der Waals surface area contributed by atoms with E-state index in [1.165, 1.54) is 19.2 Å². The van der Waals surface area contributed by atoms with Crippen molar-refractivity contribution in [3.63, 3.8) is 0 Å². The number of sulfonamides is 1. The minimum Gasteiger partial charge on any atom is -0.352 e. The lowest BCUT2D eigenvalue weighted by Crippen LogP contribution is -2.39. The SMILES string of the molecule is CN(CC(=O)NC1CC1)S(=O)(=O)c1ccc(Br)c(F)c1. The first-order chi connectivity index (χ1) is 9.30. The third-order valence-electron chi connectivity index (χ3n) is 2.91. The summed E-state index contributed by atoms with van der Waals surface area (Å²) in [4.78, 5) is 11.4.